The van der Waals surface area contributed by atoms with Crippen LogP contribution in [0.15, 0.2) is 59.8 Å². The fourth-order valence-electron chi connectivity index (χ4n) is 2.79. The van der Waals surface area contributed by atoms with Crippen LogP contribution in [-0.4, -0.2) is 48.3 Å². The summed E-state index contributed by atoms with van der Waals surface area (Å²) in [6.07, 6.45) is 3.80. The fourth-order valence-corrected chi connectivity index (χ4v) is 2.79. The zero-order chi connectivity index (χ0) is 17.9. The Morgan fingerprint density at radius 3 is 2.58 bits per heavy atom. The van der Waals surface area contributed by atoms with Gasteiger partial charge in [0.1, 0.15) is 18.9 Å². The van der Waals surface area contributed by atoms with E-state index in [4.69, 9.17) is 14.6 Å². The Hall–Kier alpha value is -3.28. The quantitative estimate of drug-likeness (QED) is 0.537. The maximum Gasteiger partial charge on any atom is 0.162 e. The van der Waals surface area contributed by atoms with Crippen LogP contribution in [0.1, 0.15) is 5.56 Å². The summed E-state index contributed by atoms with van der Waals surface area (Å²) >= 11 is 0. The van der Waals surface area contributed by atoms with E-state index in [9.17, 15) is 0 Å². The minimum atomic E-state index is 0.559. The average Bonchev–Trinajstić information content (AvgIpc) is 3.11. The molecular weight excluding hydrogens is 328 g/mol. The monoisotopic (exact) mass is 348 g/mol. The molecule has 4 rings (SSSR count). The van der Waals surface area contributed by atoms with E-state index in [1.54, 1.807) is 5.01 Å². The maximum atomic E-state index is 5.71. The molecule has 132 valence electrons. The second-order valence-corrected chi connectivity index (χ2v) is 6.16. The predicted molar refractivity (Wildman–Crippen MR) is 101 cm³/mol. The molecule has 0 unspecified atom stereocenters. The zero-order valence-electron chi connectivity index (χ0n) is 14.8. The number of para-hydroxylation sites is 1. The van der Waals surface area contributed by atoms with Crippen molar-refractivity contribution in [2.24, 2.45) is 5.10 Å². The summed E-state index contributed by atoms with van der Waals surface area (Å²) in [5.74, 6) is 1.52. The highest BCUT2D eigenvalue weighted by Crippen LogP contribution is 2.35. The van der Waals surface area contributed by atoms with Crippen LogP contribution >= 0.6 is 0 Å². The molecule has 1 aliphatic heterocycles. The van der Waals surface area contributed by atoms with E-state index in [2.05, 4.69) is 5.10 Å². The van der Waals surface area contributed by atoms with Gasteiger partial charge < -0.3 is 14.5 Å². The van der Waals surface area contributed by atoms with Crippen LogP contribution < -0.4 is 9.47 Å². The van der Waals surface area contributed by atoms with Gasteiger partial charge >= 0.3 is 0 Å². The second-order valence-electron chi connectivity index (χ2n) is 6.16. The van der Waals surface area contributed by atoms with Crippen molar-refractivity contribution >= 4 is 6.21 Å². The van der Waals surface area contributed by atoms with Crippen LogP contribution in [0, 0.1) is 0 Å². The third-order valence-electron chi connectivity index (χ3n) is 4.01. The van der Waals surface area contributed by atoms with Gasteiger partial charge in [-0.3, -0.25) is 0 Å². The number of nitrogens with zero attached hydrogens (tertiary/aromatic N) is 4. The van der Waals surface area contributed by atoms with E-state index >= 15 is 0 Å². The van der Waals surface area contributed by atoms with Crippen molar-refractivity contribution in [1.29, 1.82) is 0 Å². The van der Waals surface area contributed by atoms with Crippen LogP contribution in [0.3, 0.4) is 0 Å². The van der Waals surface area contributed by atoms with Gasteiger partial charge in [-0.1, -0.05) is 18.2 Å². The molecular formula is C20H20N4O2. The van der Waals surface area contributed by atoms with E-state index in [1.165, 1.54) is 0 Å². The fraction of sp³-hybridized carbons (Fsp3) is 0.200. The Bertz CT molecular complexity index is 932. The molecule has 1 aliphatic rings. The third-order valence-corrected chi connectivity index (χ3v) is 4.01. The van der Waals surface area contributed by atoms with Gasteiger partial charge in [0, 0.05) is 31.4 Å². The summed E-state index contributed by atoms with van der Waals surface area (Å²) in [7, 11) is 3.78. The molecule has 0 saturated heterocycles. The Morgan fingerprint density at radius 1 is 1.04 bits per heavy atom. The first-order valence-electron chi connectivity index (χ1n) is 8.47. The topological polar surface area (TPSA) is 51.9 Å². The maximum absolute atomic E-state index is 5.71. The van der Waals surface area contributed by atoms with Crippen molar-refractivity contribution in [2.75, 3.05) is 27.3 Å². The number of ether oxygens (including phenoxy) is 2. The molecule has 0 aliphatic carbocycles. The van der Waals surface area contributed by atoms with Crippen molar-refractivity contribution in [3.63, 3.8) is 0 Å². The van der Waals surface area contributed by atoms with Gasteiger partial charge in [0.05, 0.1) is 11.9 Å². The number of hydrazone groups is 1. The molecule has 0 atom stereocenters. The predicted octanol–water partition coefficient (Wildman–Crippen LogP) is 3.21. The summed E-state index contributed by atoms with van der Waals surface area (Å²) in [4.78, 5) is 0. The van der Waals surface area contributed by atoms with E-state index in [-0.39, 0.29) is 0 Å². The molecule has 0 amide bonds. The highest BCUT2D eigenvalue weighted by molar-refractivity contribution is 5.89. The van der Waals surface area contributed by atoms with Gasteiger partial charge in [0.2, 0.25) is 0 Å². The Labute approximate surface area is 152 Å². The van der Waals surface area contributed by atoms with Crippen molar-refractivity contribution in [2.45, 2.75) is 0 Å². The van der Waals surface area contributed by atoms with E-state index in [1.807, 2.05) is 79.7 Å². The molecule has 0 fully saturated rings. The summed E-state index contributed by atoms with van der Waals surface area (Å²) in [6.45, 7) is 1.14. The van der Waals surface area contributed by atoms with Crippen LogP contribution in [-0.2, 0) is 0 Å². The largest absolute Gasteiger partial charge is 0.486 e. The van der Waals surface area contributed by atoms with Crippen LogP contribution in [0.2, 0.25) is 0 Å². The molecule has 0 spiro atoms. The molecule has 0 bridgehead atoms. The van der Waals surface area contributed by atoms with Crippen molar-refractivity contribution in [1.82, 2.24) is 14.8 Å². The lowest BCUT2D eigenvalue weighted by molar-refractivity contribution is 0.171. The van der Waals surface area contributed by atoms with Gasteiger partial charge in [0.15, 0.2) is 11.5 Å². The Kier molecular flexibility index (Phi) is 4.31. The number of aromatic nitrogens is 2. The normalized spacial score (nSPS) is 13.2. The van der Waals surface area contributed by atoms with Gasteiger partial charge in [-0.15, -0.1) is 0 Å². The highest BCUT2D eigenvalue weighted by Gasteiger charge is 2.16. The summed E-state index contributed by atoms with van der Waals surface area (Å²) < 4.78 is 13.2. The highest BCUT2D eigenvalue weighted by atomic mass is 16.6. The molecule has 1 aromatic heterocycles. The van der Waals surface area contributed by atoms with Crippen molar-refractivity contribution in [3.8, 4) is 28.4 Å². The third kappa shape index (κ3) is 3.26. The number of benzene rings is 2. The molecule has 2 aromatic carbocycles. The first-order chi connectivity index (χ1) is 12.7. The second kappa shape index (κ2) is 6.92. The zero-order valence-corrected chi connectivity index (χ0v) is 14.8. The first-order valence-corrected chi connectivity index (χ1v) is 8.47. The number of hydrogen-bond acceptors (Lipinski definition) is 5. The molecule has 26 heavy (non-hydrogen) atoms. The number of fused-ring (bicyclic) bond motifs is 1. The number of hydrogen-bond donors (Lipinski definition) is 0. The smallest absolute Gasteiger partial charge is 0.162 e. The Balaban J connectivity index is 1.80. The molecule has 3 aromatic rings. The van der Waals surface area contributed by atoms with Gasteiger partial charge in [-0.2, -0.15) is 10.2 Å². The van der Waals surface area contributed by atoms with Gasteiger partial charge in [-0.05, 0) is 30.3 Å². The first kappa shape index (κ1) is 16.2. The molecule has 0 radical (unpaired) electrons. The average molecular weight is 348 g/mol. The van der Waals surface area contributed by atoms with Gasteiger partial charge in [-0.25, -0.2) is 4.68 Å². The summed E-state index contributed by atoms with van der Waals surface area (Å²) in [5.41, 5.74) is 3.73. The van der Waals surface area contributed by atoms with Crippen LogP contribution in [0.5, 0.6) is 11.5 Å². The molecule has 6 heteroatoms. The van der Waals surface area contributed by atoms with Crippen molar-refractivity contribution < 1.29 is 9.47 Å². The van der Waals surface area contributed by atoms with E-state index in [0.29, 0.717) is 13.2 Å². The van der Waals surface area contributed by atoms with Crippen LogP contribution in [0.4, 0.5) is 0 Å². The van der Waals surface area contributed by atoms with Crippen LogP contribution in [0.25, 0.3) is 16.9 Å². The minimum Gasteiger partial charge on any atom is -0.486 e. The Morgan fingerprint density at radius 2 is 1.81 bits per heavy atom. The van der Waals surface area contributed by atoms with Gasteiger partial charge in [0.25, 0.3) is 0 Å². The minimum absolute atomic E-state index is 0.559. The SMILES string of the molecule is CN(C)N=Cc1cn(-c2ccccc2)nc1-c1ccc2c(c1)OCCO2. The van der Waals surface area contributed by atoms with E-state index in [0.717, 1.165) is 34.0 Å². The lowest BCUT2D eigenvalue weighted by Crippen LogP contribution is -2.15. The van der Waals surface area contributed by atoms with E-state index < -0.39 is 0 Å². The lowest BCUT2D eigenvalue weighted by atomic mass is 10.1. The molecule has 0 N–H and O–H groups in total. The lowest BCUT2D eigenvalue weighted by Gasteiger charge is -2.18. The number of rotatable bonds is 4. The van der Waals surface area contributed by atoms with Crippen molar-refractivity contribution in [3.05, 3.63) is 60.3 Å². The summed E-state index contributed by atoms with van der Waals surface area (Å²) in [6, 6.07) is 15.9. The molecule has 2 heterocycles. The molecule has 0 saturated carbocycles. The summed E-state index contributed by atoms with van der Waals surface area (Å²) in [5, 5.41) is 10.9. The molecule has 6 nitrogen and oxygen atoms in total. The standard InChI is InChI=1S/C20H20N4O2/c1-23(2)21-13-16-14-24(17-6-4-3-5-7-17)22-20(16)15-8-9-18-19(12-15)26-11-10-25-18/h3-9,12-14H,10-11H2,1-2H3.